The van der Waals surface area contributed by atoms with Gasteiger partial charge in [0.15, 0.2) is 0 Å². The van der Waals surface area contributed by atoms with Gasteiger partial charge in [0.1, 0.15) is 11.6 Å². The van der Waals surface area contributed by atoms with Crippen LogP contribution >= 0.6 is 0 Å². The zero-order valence-electron chi connectivity index (χ0n) is 15.1. The van der Waals surface area contributed by atoms with Gasteiger partial charge in [-0.3, -0.25) is 14.7 Å². The van der Waals surface area contributed by atoms with Gasteiger partial charge in [-0.25, -0.2) is 8.78 Å². The number of aromatic nitrogens is 2. The number of nitrogens with one attached hydrogen (secondary N) is 2. The van der Waals surface area contributed by atoms with Crippen molar-refractivity contribution in [1.82, 2.24) is 20.4 Å². The Morgan fingerprint density at radius 3 is 2.68 bits per heavy atom. The second kappa shape index (κ2) is 7.49. The van der Waals surface area contributed by atoms with Gasteiger partial charge in [0.2, 0.25) is 5.91 Å². The number of halogens is 2. The molecule has 1 aliphatic rings. The molecule has 1 fully saturated rings. The molecule has 0 aromatic carbocycles. The molecular formula is C17H26F2N4O2. The molecule has 2 atom stereocenters. The Labute approximate surface area is 146 Å². The first-order chi connectivity index (χ1) is 11.6. The third-order valence-electron chi connectivity index (χ3n) is 4.60. The minimum Gasteiger partial charge on any atom is -0.351 e. The van der Waals surface area contributed by atoms with E-state index in [4.69, 9.17) is 0 Å². The second-order valence-corrected chi connectivity index (χ2v) is 7.03. The third kappa shape index (κ3) is 4.55. The van der Waals surface area contributed by atoms with Gasteiger partial charge in [-0.2, -0.15) is 5.10 Å². The summed E-state index contributed by atoms with van der Waals surface area (Å²) in [6.07, 6.45) is 0.612. The lowest BCUT2D eigenvalue weighted by Crippen LogP contribution is -2.45. The van der Waals surface area contributed by atoms with E-state index in [9.17, 15) is 18.4 Å². The first-order valence-corrected chi connectivity index (χ1v) is 8.66. The summed E-state index contributed by atoms with van der Waals surface area (Å²) in [5.41, 5.74) is 1.21. The Balaban J connectivity index is 1.94. The van der Waals surface area contributed by atoms with E-state index in [0.717, 1.165) is 12.6 Å². The lowest BCUT2D eigenvalue weighted by molar-refractivity contribution is -0.138. The number of alkyl halides is 2. The topological polar surface area (TPSA) is 78.1 Å². The van der Waals surface area contributed by atoms with Gasteiger partial charge in [0.25, 0.3) is 11.8 Å². The molecule has 2 N–H and O–H groups in total. The van der Waals surface area contributed by atoms with E-state index in [0.29, 0.717) is 25.2 Å². The van der Waals surface area contributed by atoms with Gasteiger partial charge in [-0.15, -0.1) is 0 Å². The molecule has 0 radical (unpaired) electrons. The number of carbonyl (C=O) groups is 2. The molecular weight excluding hydrogens is 330 g/mol. The van der Waals surface area contributed by atoms with Crippen molar-refractivity contribution in [2.45, 2.75) is 58.4 Å². The fourth-order valence-corrected chi connectivity index (χ4v) is 3.04. The molecule has 2 amide bonds. The number of nitrogens with zero attached hydrogens (tertiary/aromatic N) is 2. The van der Waals surface area contributed by atoms with Crippen molar-refractivity contribution in [1.29, 1.82) is 0 Å². The van der Waals surface area contributed by atoms with E-state index in [2.05, 4.69) is 15.5 Å². The molecule has 1 aromatic rings. The standard InChI is InChI=1S/C17H26F2N4O2/c1-5-12(17(4,18)19)15(24)20-11-6-7-23(9-11)16(25)14-8-13(10(2)3)21-22-14/h8,10-12H,5-7,9H2,1-4H3,(H,20,24)(H,21,22). The van der Waals surface area contributed by atoms with Gasteiger partial charge in [0, 0.05) is 31.7 Å². The molecule has 2 heterocycles. The monoisotopic (exact) mass is 356 g/mol. The first-order valence-electron chi connectivity index (χ1n) is 8.66. The lowest BCUT2D eigenvalue weighted by Gasteiger charge is -2.23. The van der Waals surface area contributed by atoms with Crippen LogP contribution in [0, 0.1) is 5.92 Å². The Bertz CT molecular complexity index is 624. The number of carbonyl (C=O) groups excluding carboxylic acids is 2. The molecule has 0 bridgehead atoms. The fraction of sp³-hybridized carbons (Fsp3) is 0.706. The van der Waals surface area contributed by atoms with Crippen molar-refractivity contribution >= 4 is 11.8 Å². The van der Waals surface area contributed by atoms with Gasteiger partial charge in [0.05, 0.1) is 0 Å². The first kappa shape index (κ1) is 19.3. The van der Waals surface area contributed by atoms with E-state index < -0.39 is 17.7 Å². The molecule has 1 aliphatic heterocycles. The molecule has 6 nitrogen and oxygen atoms in total. The van der Waals surface area contributed by atoms with Crippen LogP contribution in [0.4, 0.5) is 8.78 Å². The van der Waals surface area contributed by atoms with E-state index in [-0.39, 0.29) is 24.3 Å². The average Bonchev–Trinajstić information content (AvgIpc) is 3.14. The molecule has 1 aromatic heterocycles. The van der Waals surface area contributed by atoms with Crippen LogP contribution in [-0.4, -0.2) is 52.0 Å². The Hall–Kier alpha value is -1.99. The number of hydrogen-bond donors (Lipinski definition) is 2. The number of rotatable bonds is 6. The zero-order valence-corrected chi connectivity index (χ0v) is 15.1. The SMILES string of the molecule is CCC(C(=O)NC1CCN(C(=O)c2cc(C(C)C)[nH]n2)C1)C(C)(F)F. The quantitative estimate of drug-likeness (QED) is 0.822. The summed E-state index contributed by atoms with van der Waals surface area (Å²) in [6.45, 7) is 7.09. The number of hydrogen-bond acceptors (Lipinski definition) is 3. The minimum absolute atomic E-state index is 0.0654. The van der Waals surface area contributed by atoms with Gasteiger partial charge in [-0.1, -0.05) is 20.8 Å². The largest absolute Gasteiger partial charge is 0.351 e. The minimum atomic E-state index is -3.06. The maximum Gasteiger partial charge on any atom is 0.274 e. The smallest absolute Gasteiger partial charge is 0.274 e. The van der Waals surface area contributed by atoms with Crippen molar-refractivity contribution in [3.8, 4) is 0 Å². The number of likely N-dealkylation sites (tertiary alicyclic amines) is 1. The van der Waals surface area contributed by atoms with Crippen molar-refractivity contribution in [2.75, 3.05) is 13.1 Å². The fourth-order valence-electron chi connectivity index (χ4n) is 3.04. The summed E-state index contributed by atoms with van der Waals surface area (Å²) in [5.74, 6) is -5.04. The van der Waals surface area contributed by atoms with Crippen LogP contribution in [0.3, 0.4) is 0 Å². The van der Waals surface area contributed by atoms with Crippen LogP contribution in [0.1, 0.15) is 62.6 Å². The predicted octanol–water partition coefficient (Wildman–Crippen LogP) is 2.55. The molecule has 0 saturated carbocycles. The summed E-state index contributed by atoms with van der Waals surface area (Å²) < 4.78 is 26.9. The van der Waals surface area contributed by atoms with Crippen molar-refractivity contribution < 1.29 is 18.4 Å². The molecule has 0 aliphatic carbocycles. The molecule has 25 heavy (non-hydrogen) atoms. The summed E-state index contributed by atoms with van der Waals surface area (Å²) in [4.78, 5) is 26.2. The average molecular weight is 356 g/mol. The van der Waals surface area contributed by atoms with Gasteiger partial charge >= 0.3 is 0 Å². The summed E-state index contributed by atoms with van der Waals surface area (Å²) in [6, 6.07) is 1.42. The highest BCUT2D eigenvalue weighted by atomic mass is 19.3. The molecule has 0 spiro atoms. The van der Waals surface area contributed by atoms with Gasteiger partial charge in [-0.05, 0) is 24.8 Å². The summed E-state index contributed by atoms with van der Waals surface area (Å²) >= 11 is 0. The van der Waals surface area contributed by atoms with Crippen molar-refractivity contribution in [2.24, 2.45) is 5.92 Å². The highest BCUT2D eigenvalue weighted by molar-refractivity contribution is 5.92. The van der Waals surface area contributed by atoms with Crippen LogP contribution in [-0.2, 0) is 4.79 Å². The Morgan fingerprint density at radius 1 is 1.48 bits per heavy atom. The Morgan fingerprint density at radius 2 is 2.16 bits per heavy atom. The Kier molecular flexibility index (Phi) is 5.80. The number of H-pyrrole nitrogens is 1. The molecule has 2 rings (SSSR count). The van der Waals surface area contributed by atoms with Crippen molar-refractivity contribution in [3.63, 3.8) is 0 Å². The maximum absolute atomic E-state index is 13.5. The summed E-state index contributed by atoms with van der Waals surface area (Å²) in [5, 5.41) is 9.54. The van der Waals surface area contributed by atoms with E-state index in [1.165, 1.54) is 0 Å². The zero-order chi connectivity index (χ0) is 18.8. The molecule has 2 unspecified atom stereocenters. The third-order valence-corrected chi connectivity index (χ3v) is 4.60. The highest BCUT2D eigenvalue weighted by Gasteiger charge is 2.40. The van der Waals surface area contributed by atoms with Crippen LogP contribution in [0.15, 0.2) is 6.07 Å². The van der Waals surface area contributed by atoms with Crippen molar-refractivity contribution in [3.05, 3.63) is 17.5 Å². The predicted molar refractivity (Wildman–Crippen MR) is 89.5 cm³/mol. The van der Waals surface area contributed by atoms with Crippen LogP contribution in [0.2, 0.25) is 0 Å². The summed E-state index contributed by atoms with van der Waals surface area (Å²) in [7, 11) is 0. The van der Waals surface area contributed by atoms with E-state index in [1.807, 2.05) is 13.8 Å². The lowest BCUT2D eigenvalue weighted by atomic mass is 9.98. The maximum atomic E-state index is 13.5. The van der Waals surface area contributed by atoms with Gasteiger partial charge < -0.3 is 10.2 Å². The normalized spacial score (nSPS) is 19.3. The molecule has 140 valence electrons. The highest BCUT2D eigenvalue weighted by Crippen LogP contribution is 2.27. The van der Waals surface area contributed by atoms with E-state index >= 15 is 0 Å². The number of aromatic amines is 1. The van der Waals surface area contributed by atoms with Crippen LogP contribution < -0.4 is 5.32 Å². The van der Waals surface area contributed by atoms with Crippen LogP contribution in [0.25, 0.3) is 0 Å². The number of amides is 2. The molecule has 8 heteroatoms. The molecule has 1 saturated heterocycles. The van der Waals surface area contributed by atoms with E-state index in [1.54, 1.807) is 17.9 Å². The second-order valence-electron chi connectivity index (χ2n) is 7.03. The van der Waals surface area contributed by atoms with Crippen LogP contribution in [0.5, 0.6) is 0 Å².